The molecule has 0 spiro atoms. The van der Waals surface area contributed by atoms with Gasteiger partial charge >= 0.3 is 0 Å². The van der Waals surface area contributed by atoms with E-state index in [4.69, 9.17) is 11.5 Å². The topological polar surface area (TPSA) is 64.1 Å². The predicted octanol–water partition coefficient (Wildman–Crippen LogP) is 0.0534. The van der Waals surface area contributed by atoms with Crippen LogP contribution in [0.15, 0.2) is 23.5 Å². The molecule has 0 heterocycles. The van der Waals surface area contributed by atoms with Crippen molar-refractivity contribution in [3.05, 3.63) is 23.5 Å². The van der Waals surface area contributed by atoms with Crippen LogP contribution >= 0.6 is 0 Å². The van der Waals surface area contributed by atoms with Crippen LogP contribution < -0.4 is 16.8 Å². The van der Waals surface area contributed by atoms with Crippen molar-refractivity contribution in [3.8, 4) is 0 Å². The molecule has 1 aliphatic carbocycles. The summed E-state index contributed by atoms with van der Waals surface area (Å²) in [6.45, 7) is 2.09. The molecule has 0 aliphatic heterocycles. The van der Waals surface area contributed by atoms with Gasteiger partial charge in [-0.2, -0.15) is 0 Å². The monoisotopic (exact) mass is 153 g/mol. The summed E-state index contributed by atoms with van der Waals surface area (Å²) in [5.74, 6) is 0. The van der Waals surface area contributed by atoms with Gasteiger partial charge in [0.25, 0.3) is 0 Å². The van der Waals surface area contributed by atoms with E-state index in [1.165, 1.54) is 0 Å². The lowest BCUT2D eigenvalue weighted by atomic mass is 9.91. The van der Waals surface area contributed by atoms with Gasteiger partial charge < -0.3 is 16.8 Å². The summed E-state index contributed by atoms with van der Waals surface area (Å²) in [5.41, 5.74) is 12.7. The summed E-state index contributed by atoms with van der Waals surface area (Å²) < 4.78 is 0. The molecule has 0 aromatic heterocycles. The van der Waals surface area contributed by atoms with E-state index >= 15 is 0 Å². The Balaban J connectivity index is 2.81. The fraction of sp³-hybridized carbons (Fsp3) is 0.500. The van der Waals surface area contributed by atoms with E-state index in [1.807, 2.05) is 19.2 Å². The smallest absolute Gasteiger partial charge is 0.0503 e. The first-order valence-electron chi connectivity index (χ1n) is 3.70. The molecular weight excluding hydrogens is 138 g/mol. The molecule has 11 heavy (non-hydrogen) atoms. The van der Waals surface area contributed by atoms with Crippen LogP contribution in [0.3, 0.4) is 0 Å². The highest BCUT2D eigenvalue weighted by Gasteiger charge is 2.22. The van der Waals surface area contributed by atoms with Gasteiger partial charge in [0, 0.05) is 17.7 Å². The zero-order chi connectivity index (χ0) is 8.48. The van der Waals surface area contributed by atoms with Crippen molar-refractivity contribution in [1.82, 2.24) is 5.32 Å². The molecule has 5 N–H and O–H groups in total. The summed E-state index contributed by atoms with van der Waals surface area (Å²) in [7, 11) is 1.92. The van der Waals surface area contributed by atoms with Crippen molar-refractivity contribution in [2.45, 2.75) is 18.9 Å². The van der Waals surface area contributed by atoms with E-state index in [2.05, 4.69) is 12.2 Å². The fourth-order valence-corrected chi connectivity index (χ4v) is 1.11. The van der Waals surface area contributed by atoms with E-state index in [0.717, 1.165) is 12.1 Å². The first kappa shape index (κ1) is 8.14. The SMILES string of the molecule is CNC1(C)C=CC(N)=C(N)C1. The number of nitrogens with one attached hydrogen (secondary N) is 1. The zero-order valence-corrected chi connectivity index (χ0v) is 7.02. The Hall–Kier alpha value is -0.960. The normalized spacial score (nSPS) is 31.1. The van der Waals surface area contributed by atoms with Gasteiger partial charge in [-0.1, -0.05) is 6.08 Å². The van der Waals surface area contributed by atoms with E-state index in [1.54, 1.807) is 0 Å². The Morgan fingerprint density at radius 2 is 2.18 bits per heavy atom. The average molecular weight is 153 g/mol. The molecule has 1 unspecified atom stereocenters. The second-order valence-corrected chi connectivity index (χ2v) is 3.16. The van der Waals surface area contributed by atoms with Crippen molar-refractivity contribution in [2.75, 3.05) is 7.05 Å². The number of allylic oxidation sites excluding steroid dienone is 1. The van der Waals surface area contributed by atoms with E-state index in [-0.39, 0.29) is 5.54 Å². The van der Waals surface area contributed by atoms with E-state index < -0.39 is 0 Å². The minimum Gasteiger partial charge on any atom is -0.400 e. The van der Waals surface area contributed by atoms with Crippen LogP contribution in [-0.2, 0) is 0 Å². The molecule has 3 heteroatoms. The molecule has 0 fully saturated rings. The van der Waals surface area contributed by atoms with Gasteiger partial charge in [0.2, 0.25) is 0 Å². The lowest BCUT2D eigenvalue weighted by Gasteiger charge is -2.29. The van der Waals surface area contributed by atoms with Crippen molar-refractivity contribution in [1.29, 1.82) is 0 Å². The molecule has 0 saturated carbocycles. The maximum absolute atomic E-state index is 5.69. The van der Waals surface area contributed by atoms with Crippen LogP contribution in [0.25, 0.3) is 0 Å². The summed E-state index contributed by atoms with van der Waals surface area (Å²) in [6.07, 6.45) is 4.68. The number of hydrogen-bond donors (Lipinski definition) is 3. The molecule has 1 rings (SSSR count). The average Bonchev–Trinajstić information content (AvgIpc) is 1.98. The maximum Gasteiger partial charge on any atom is 0.0503 e. The van der Waals surface area contributed by atoms with Gasteiger partial charge in [0.05, 0.1) is 5.70 Å². The van der Waals surface area contributed by atoms with Crippen molar-refractivity contribution in [2.24, 2.45) is 11.5 Å². The minimum absolute atomic E-state index is 0.0209. The van der Waals surface area contributed by atoms with Crippen LogP contribution in [0.1, 0.15) is 13.3 Å². The molecule has 0 saturated heterocycles. The molecular formula is C8H15N3. The van der Waals surface area contributed by atoms with Gasteiger partial charge in [0.1, 0.15) is 0 Å². The number of hydrogen-bond acceptors (Lipinski definition) is 3. The third kappa shape index (κ3) is 1.54. The van der Waals surface area contributed by atoms with Crippen molar-refractivity contribution >= 4 is 0 Å². The summed E-state index contributed by atoms with van der Waals surface area (Å²) in [4.78, 5) is 0. The third-order valence-corrected chi connectivity index (χ3v) is 2.13. The lowest BCUT2D eigenvalue weighted by molar-refractivity contribution is 0.465. The Kier molecular flexibility index (Phi) is 1.91. The van der Waals surface area contributed by atoms with Crippen LogP contribution in [0.4, 0.5) is 0 Å². The zero-order valence-electron chi connectivity index (χ0n) is 7.02. The van der Waals surface area contributed by atoms with Crippen LogP contribution in [0.2, 0.25) is 0 Å². The van der Waals surface area contributed by atoms with Crippen molar-refractivity contribution in [3.63, 3.8) is 0 Å². The quantitative estimate of drug-likeness (QED) is 0.499. The lowest BCUT2D eigenvalue weighted by Crippen LogP contribution is -2.41. The minimum atomic E-state index is -0.0209. The Bertz CT molecular complexity index is 217. The molecule has 0 amide bonds. The van der Waals surface area contributed by atoms with Gasteiger partial charge in [-0.25, -0.2) is 0 Å². The molecule has 1 atom stereocenters. The van der Waals surface area contributed by atoms with Crippen LogP contribution in [-0.4, -0.2) is 12.6 Å². The highest BCUT2D eigenvalue weighted by molar-refractivity contribution is 5.31. The van der Waals surface area contributed by atoms with Crippen molar-refractivity contribution < 1.29 is 0 Å². The molecule has 0 aromatic rings. The van der Waals surface area contributed by atoms with Gasteiger partial charge in [-0.05, 0) is 20.0 Å². The van der Waals surface area contributed by atoms with E-state index in [9.17, 15) is 0 Å². The van der Waals surface area contributed by atoms with Crippen LogP contribution in [0.5, 0.6) is 0 Å². The summed E-state index contributed by atoms with van der Waals surface area (Å²) in [5, 5.41) is 3.17. The van der Waals surface area contributed by atoms with Gasteiger partial charge in [-0.15, -0.1) is 0 Å². The number of nitrogens with two attached hydrogens (primary N) is 2. The van der Waals surface area contributed by atoms with Crippen LogP contribution in [0, 0.1) is 0 Å². The molecule has 3 nitrogen and oxygen atoms in total. The Labute approximate surface area is 67.1 Å². The standard InChI is InChI=1S/C8H15N3/c1-8(11-2)4-3-6(9)7(10)5-8/h3-4,11H,5,9-10H2,1-2H3. The van der Waals surface area contributed by atoms with Gasteiger partial charge in [0.15, 0.2) is 0 Å². The molecule has 0 aromatic carbocycles. The third-order valence-electron chi connectivity index (χ3n) is 2.13. The summed E-state index contributed by atoms with van der Waals surface area (Å²) in [6, 6.07) is 0. The Morgan fingerprint density at radius 1 is 1.55 bits per heavy atom. The summed E-state index contributed by atoms with van der Waals surface area (Å²) >= 11 is 0. The Morgan fingerprint density at radius 3 is 2.64 bits per heavy atom. The molecule has 0 bridgehead atoms. The highest BCUT2D eigenvalue weighted by atomic mass is 14.9. The predicted molar refractivity (Wildman–Crippen MR) is 46.6 cm³/mol. The fourth-order valence-electron chi connectivity index (χ4n) is 1.11. The first-order chi connectivity index (χ1) is 5.07. The maximum atomic E-state index is 5.69. The molecule has 1 aliphatic rings. The molecule has 62 valence electrons. The van der Waals surface area contributed by atoms with E-state index in [0.29, 0.717) is 5.70 Å². The second-order valence-electron chi connectivity index (χ2n) is 3.16. The first-order valence-corrected chi connectivity index (χ1v) is 3.70. The highest BCUT2D eigenvalue weighted by Crippen LogP contribution is 2.20. The number of likely N-dealkylation sites (N-methyl/N-ethyl adjacent to an activating group) is 1. The number of rotatable bonds is 1. The second kappa shape index (κ2) is 2.58. The largest absolute Gasteiger partial charge is 0.400 e. The molecule has 0 radical (unpaired) electrons. The van der Waals surface area contributed by atoms with Gasteiger partial charge in [-0.3, -0.25) is 0 Å².